The molecule has 7 aromatic rings. The van der Waals surface area contributed by atoms with E-state index in [0.717, 1.165) is 50.8 Å². The van der Waals surface area contributed by atoms with Crippen LogP contribution < -0.4 is 4.46 Å². The molecule has 4 heterocycles. The molecule has 0 aliphatic heterocycles. The summed E-state index contributed by atoms with van der Waals surface area (Å²) in [6.45, 7) is 12.2. The summed E-state index contributed by atoms with van der Waals surface area (Å²) >= 11 is 13.8. The molecule has 0 N–H and O–H groups in total. The van der Waals surface area contributed by atoms with Crippen molar-refractivity contribution in [2.75, 3.05) is 0 Å². The van der Waals surface area contributed by atoms with Gasteiger partial charge in [-0.25, -0.2) is 20.3 Å². The van der Waals surface area contributed by atoms with E-state index in [1.54, 1.807) is 6.20 Å². The van der Waals surface area contributed by atoms with Crippen LogP contribution in [-0.4, -0.2) is 62.2 Å². The van der Waals surface area contributed by atoms with Crippen LogP contribution in [0.3, 0.4) is 0 Å². The molecular weight excluding hydrogens is 894 g/mol. The summed E-state index contributed by atoms with van der Waals surface area (Å²) < 4.78 is 7.14. The molecule has 8 nitrogen and oxygen atoms in total. The molecule has 0 bridgehead atoms. The quantitative estimate of drug-likeness (QED) is 0.153. The van der Waals surface area contributed by atoms with Crippen LogP contribution in [0.25, 0.3) is 20.8 Å². The van der Waals surface area contributed by atoms with Crippen LogP contribution in [0.2, 0.25) is 0 Å². The van der Waals surface area contributed by atoms with Gasteiger partial charge in [0.05, 0.1) is 40.0 Å². The fourth-order valence-corrected chi connectivity index (χ4v) is 6.06. The molecule has 254 valence electrons. The molecule has 0 aliphatic rings. The Morgan fingerprint density at radius 3 is 1.40 bits per heavy atom. The van der Waals surface area contributed by atoms with Crippen LogP contribution in [0.1, 0.15) is 45.4 Å². The van der Waals surface area contributed by atoms with Crippen LogP contribution in [0.15, 0.2) is 109 Å². The van der Waals surface area contributed by atoms with E-state index in [-0.39, 0.29) is 28.2 Å². The largest absolute Gasteiger partial charge is 0 e. The number of nitrogens with zero attached hydrogens (tertiary/aromatic N) is 8. The molecule has 0 unspecified atom stereocenters. The van der Waals surface area contributed by atoms with Crippen molar-refractivity contribution < 1.29 is 21.1 Å². The zero-order valence-electron chi connectivity index (χ0n) is 28.7. The van der Waals surface area contributed by atoms with Crippen LogP contribution in [0.4, 0.5) is 0 Å². The summed E-state index contributed by atoms with van der Waals surface area (Å²) in [7, 11) is -0.226. The molecule has 0 amide bonds. The third-order valence-electron chi connectivity index (χ3n) is 7.46. The van der Waals surface area contributed by atoms with Crippen molar-refractivity contribution in [2.24, 2.45) is 0 Å². The van der Waals surface area contributed by atoms with E-state index in [9.17, 15) is 0 Å². The molecule has 0 fully saturated rings. The molecule has 3 aromatic carbocycles. The van der Waals surface area contributed by atoms with Gasteiger partial charge in [-0.1, -0.05) is 42.5 Å². The second-order valence-corrected chi connectivity index (χ2v) is 13.3. The van der Waals surface area contributed by atoms with Gasteiger partial charge in [-0.15, -0.1) is 0 Å². The van der Waals surface area contributed by atoms with Gasteiger partial charge in [0.15, 0.2) is 0 Å². The second-order valence-electron chi connectivity index (χ2n) is 11.5. The number of aromatic nitrogens is 8. The SMILES string of the molecule is Cc1cc(C)n([B-](n2nc(C)cc2C)n2nc(C)cc2C)n1.[S-]/C(=C(\[S-])c1cnc2ccccc2n1)c1ccccc1.[Se]c1ccccc1.[W]. The first-order valence-electron chi connectivity index (χ1n) is 15.7. The number of fused-ring (bicyclic) bond motifs is 1. The zero-order chi connectivity index (χ0) is 35.1. The van der Waals surface area contributed by atoms with Crippen LogP contribution in [0, 0.1) is 41.5 Å². The second kappa shape index (κ2) is 17.8. The molecule has 2 radical (unpaired) electrons. The van der Waals surface area contributed by atoms with Gasteiger partial charge in [-0.2, -0.15) is 9.81 Å². The molecule has 0 spiro atoms. The maximum atomic E-state index is 5.44. The van der Waals surface area contributed by atoms with Gasteiger partial charge in [-0.3, -0.25) is 4.98 Å². The number of aryl methyl sites for hydroxylation is 6. The molecule has 13 heteroatoms. The van der Waals surface area contributed by atoms with Gasteiger partial charge in [-0.05, 0) is 94.5 Å². The normalized spacial score (nSPS) is 11.2. The minimum Gasteiger partial charge on any atom is 0 e. The molecule has 0 saturated heterocycles. The van der Waals surface area contributed by atoms with E-state index in [4.69, 9.17) is 25.3 Å². The fraction of sp³-hybridized carbons (Fsp3) is 0.162. The van der Waals surface area contributed by atoms with Crippen molar-refractivity contribution in [1.82, 2.24) is 39.0 Å². The summed E-state index contributed by atoms with van der Waals surface area (Å²) in [5.74, 6) is 0. The monoisotopic (exact) mass is 931 g/mol. The minimum absolute atomic E-state index is 0. The van der Waals surface area contributed by atoms with E-state index < -0.39 is 0 Å². The topological polar surface area (TPSA) is 79.2 Å². The molecule has 0 aliphatic carbocycles. The van der Waals surface area contributed by atoms with E-state index >= 15 is 0 Å². The number of rotatable bonds is 5. The van der Waals surface area contributed by atoms with Gasteiger partial charge >= 0.3 is 50.8 Å². The summed E-state index contributed by atoms with van der Waals surface area (Å²) in [5.41, 5.74) is 9.48. The fourth-order valence-electron chi connectivity index (χ4n) is 5.27. The van der Waals surface area contributed by atoms with Crippen molar-refractivity contribution in [2.45, 2.75) is 41.5 Å². The summed E-state index contributed by atoms with van der Waals surface area (Å²) in [4.78, 5) is 10.1. The molecule has 50 heavy (non-hydrogen) atoms. The van der Waals surface area contributed by atoms with Gasteiger partial charge in [0.25, 0.3) is 7.12 Å². The van der Waals surface area contributed by atoms with Crippen molar-refractivity contribution >= 4 is 73.7 Å². The van der Waals surface area contributed by atoms with E-state index in [0.29, 0.717) is 15.5 Å². The standard InChI is InChI=1S/C16H12N2S2.C15H21BN6.C6H5Se.W/c19-15(11-6-2-1-3-7-11)16(20)14-10-17-12-8-4-5-9-13(12)18-14;1-10-7-13(4)20(17-10)16(21-14(5)8-11(2)18-21)22-15(6)9-12(3)19-22;7-6-4-2-1-3-5-6;/h1-10,19-20H;7-9H,1-6H3;1-5H;/q;-1;;/p-2/b16-15-;;;. The molecule has 7 rings (SSSR count). The van der Waals surface area contributed by atoms with E-state index in [1.165, 1.54) is 4.46 Å². The number of hydrogen-bond acceptors (Lipinski definition) is 7. The van der Waals surface area contributed by atoms with Gasteiger partial charge < -0.3 is 39.0 Å². The van der Waals surface area contributed by atoms with E-state index in [2.05, 4.69) is 80.2 Å². The van der Waals surface area contributed by atoms with Crippen molar-refractivity contribution in [3.63, 3.8) is 0 Å². The van der Waals surface area contributed by atoms with Crippen LogP contribution >= 0.6 is 0 Å². The third-order valence-corrected chi connectivity index (χ3v) is 9.01. The Hall–Kier alpha value is -3.92. The third kappa shape index (κ3) is 9.65. The summed E-state index contributed by atoms with van der Waals surface area (Å²) in [6, 6.07) is 33.7. The maximum Gasteiger partial charge on any atom is 0 e. The van der Waals surface area contributed by atoms with Crippen molar-refractivity contribution in [3.05, 3.63) is 155 Å². The maximum absolute atomic E-state index is 5.44. The Balaban J connectivity index is 0.000000186. The zero-order valence-corrected chi connectivity index (χ0v) is 35.0. The molecule has 0 atom stereocenters. The van der Waals surface area contributed by atoms with E-state index in [1.807, 2.05) is 119 Å². The van der Waals surface area contributed by atoms with Crippen LogP contribution in [0.5, 0.6) is 0 Å². The first kappa shape index (κ1) is 38.9. The average Bonchev–Trinajstić information content (AvgIpc) is 3.74. The Morgan fingerprint density at radius 2 is 1.00 bits per heavy atom. The average molecular weight is 930 g/mol. The summed E-state index contributed by atoms with van der Waals surface area (Å²) in [5, 5.41) is 14.0. The first-order valence-corrected chi connectivity index (χ1v) is 17.4. The number of para-hydroxylation sites is 2. The summed E-state index contributed by atoms with van der Waals surface area (Å²) in [6.07, 6.45) is 1.68. The first-order chi connectivity index (χ1) is 23.5. The minimum atomic E-state index is -0.226. The Morgan fingerprint density at radius 1 is 0.580 bits per heavy atom. The Bertz CT molecular complexity index is 2090. The number of hydrogen-bond donors (Lipinski definition) is 0. The predicted molar refractivity (Wildman–Crippen MR) is 206 cm³/mol. The van der Waals surface area contributed by atoms with Crippen LogP contribution in [-0.2, 0) is 46.3 Å². The smallest absolute Gasteiger partial charge is 0 e. The predicted octanol–water partition coefficient (Wildman–Crippen LogP) is 6.08. The Kier molecular flexibility index (Phi) is 13.9. The van der Waals surface area contributed by atoms with Gasteiger partial charge in [0, 0.05) is 21.1 Å². The molecule has 0 saturated carbocycles. The van der Waals surface area contributed by atoms with Gasteiger partial charge in [0.2, 0.25) is 0 Å². The molecular formula is C37H36BN8S2SeW-3. The number of benzene rings is 3. The Labute approximate surface area is 327 Å². The van der Waals surface area contributed by atoms with Crippen molar-refractivity contribution in [1.29, 1.82) is 0 Å². The molecule has 4 aromatic heterocycles. The van der Waals surface area contributed by atoms with Crippen molar-refractivity contribution in [3.8, 4) is 0 Å². The van der Waals surface area contributed by atoms with Gasteiger partial charge in [0.1, 0.15) is 0 Å².